The average molecular weight is 238 g/mol. The van der Waals surface area contributed by atoms with Crippen molar-refractivity contribution in [1.29, 1.82) is 0 Å². The Morgan fingerprint density at radius 3 is 2.75 bits per heavy atom. The van der Waals surface area contributed by atoms with Gasteiger partial charge < -0.3 is 5.11 Å². The van der Waals surface area contributed by atoms with Gasteiger partial charge in [-0.05, 0) is 36.2 Å². The van der Waals surface area contributed by atoms with Crippen LogP contribution in [0.1, 0.15) is 5.56 Å². The molecule has 0 unspecified atom stereocenters. The summed E-state index contributed by atoms with van der Waals surface area (Å²) >= 11 is 5.71. The van der Waals surface area contributed by atoms with Gasteiger partial charge >= 0.3 is 0 Å². The molecule has 16 heavy (non-hydrogen) atoms. The first kappa shape index (κ1) is 10.9. The molecule has 1 aromatic heterocycles. The third-order valence-electron chi connectivity index (χ3n) is 2.37. The minimum absolute atomic E-state index is 0.00162. The summed E-state index contributed by atoms with van der Waals surface area (Å²) in [6, 6.07) is 4.59. The molecule has 0 fully saturated rings. The molecule has 0 aliphatic rings. The average Bonchev–Trinajstić information content (AvgIpc) is 2.26. The Hall–Kier alpha value is -1.61. The highest BCUT2D eigenvalue weighted by atomic mass is 35.5. The predicted octanol–water partition coefficient (Wildman–Crippen LogP) is 3.56. The number of hydrogen-bond acceptors (Lipinski definition) is 2. The number of phenols is 1. The minimum Gasteiger partial charge on any atom is -0.504 e. The monoisotopic (exact) mass is 237 g/mol. The first-order chi connectivity index (χ1) is 7.59. The lowest BCUT2D eigenvalue weighted by Gasteiger charge is -2.07. The van der Waals surface area contributed by atoms with Crippen molar-refractivity contribution in [1.82, 2.24) is 4.98 Å². The van der Waals surface area contributed by atoms with Crippen LogP contribution in [0.3, 0.4) is 0 Å². The molecule has 0 spiro atoms. The van der Waals surface area contributed by atoms with E-state index in [1.54, 1.807) is 12.4 Å². The van der Waals surface area contributed by atoms with Crippen LogP contribution in [0.15, 0.2) is 30.6 Å². The highest BCUT2D eigenvalue weighted by Crippen LogP contribution is 2.33. The molecule has 1 aromatic carbocycles. The van der Waals surface area contributed by atoms with Crippen LogP contribution in [-0.4, -0.2) is 10.1 Å². The molecule has 1 heterocycles. The van der Waals surface area contributed by atoms with Gasteiger partial charge in [-0.2, -0.15) is 0 Å². The van der Waals surface area contributed by atoms with Crippen LogP contribution in [0.4, 0.5) is 4.39 Å². The second-order valence-corrected chi connectivity index (χ2v) is 3.89. The van der Waals surface area contributed by atoms with Gasteiger partial charge in [0.15, 0.2) is 11.6 Å². The van der Waals surface area contributed by atoms with E-state index in [1.807, 2.05) is 13.0 Å². The van der Waals surface area contributed by atoms with Crippen LogP contribution in [0, 0.1) is 12.7 Å². The number of nitrogens with zero attached hydrogens (tertiary/aromatic N) is 1. The molecule has 2 rings (SSSR count). The van der Waals surface area contributed by atoms with Crippen molar-refractivity contribution in [3.8, 4) is 16.9 Å². The second-order valence-electron chi connectivity index (χ2n) is 3.48. The van der Waals surface area contributed by atoms with Crippen molar-refractivity contribution in [2.75, 3.05) is 0 Å². The van der Waals surface area contributed by atoms with E-state index >= 15 is 0 Å². The molecule has 1 N–H and O–H groups in total. The zero-order valence-corrected chi connectivity index (χ0v) is 9.29. The first-order valence-electron chi connectivity index (χ1n) is 4.68. The quantitative estimate of drug-likeness (QED) is 0.823. The summed E-state index contributed by atoms with van der Waals surface area (Å²) in [5, 5.41) is 9.22. The third-order valence-corrected chi connectivity index (χ3v) is 2.66. The van der Waals surface area contributed by atoms with Crippen molar-refractivity contribution >= 4 is 11.6 Å². The Kier molecular flexibility index (Phi) is 2.79. The maximum Gasteiger partial charge on any atom is 0.170 e. The summed E-state index contributed by atoms with van der Waals surface area (Å²) in [4.78, 5) is 3.98. The molecule has 0 aliphatic heterocycles. The van der Waals surface area contributed by atoms with Crippen LogP contribution < -0.4 is 0 Å². The number of rotatable bonds is 1. The van der Waals surface area contributed by atoms with Gasteiger partial charge in [0.05, 0.1) is 5.02 Å². The fourth-order valence-electron chi connectivity index (χ4n) is 1.49. The Bertz CT molecular complexity index is 519. The molecular weight excluding hydrogens is 229 g/mol. The normalized spacial score (nSPS) is 10.4. The van der Waals surface area contributed by atoms with E-state index in [2.05, 4.69) is 4.98 Å². The van der Waals surface area contributed by atoms with E-state index in [-0.39, 0.29) is 5.02 Å². The predicted molar refractivity (Wildman–Crippen MR) is 61.0 cm³/mol. The van der Waals surface area contributed by atoms with Crippen LogP contribution in [-0.2, 0) is 0 Å². The van der Waals surface area contributed by atoms with E-state index in [0.717, 1.165) is 11.1 Å². The lowest BCUT2D eigenvalue weighted by molar-refractivity contribution is 0.433. The maximum atomic E-state index is 13.3. The number of halogens is 2. The summed E-state index contributed by atoms with van der Waals surface area (Å²) in [6.07, 6.45) is 3.30. The molecule has 0 radical (unpaired) electrons. The van der Waals surface area contributed by atoms with Gasteiger partial charge in [-0.25, -0.2) is 4.39 Å². The second kappa shape index (κ2) is 4.10. The maximum absolute atomic E-state index is 13.3. The summed E-state index contributed by atoms with van der Waals surface area (Å²) < 4.78 is 13.3. The number of phenolic OH excluding ortho intramolecular Hbond substituents is 1. The molecule has 0 aliphatic carbocycles. The Morgan fingerprint density at radius 2 is 2.12 bits per heavy atom. The van der Waals surface area contributed by atoms with Crippen LogP contribution in [0.25, 0.3) is 11.1 Å². The van der Waals surface area contributed by atoms with Gasteiger partial charge in [-0.1, -0.05) is 11.6 Å². The van der Waals surface area contributed by atoms with Crippen molar-refractivity contribution < 1.29 is 9.50 Å². The lowest BCUT2D eigenvalue weighted by atomic mass is 10.0. The molecule has 2 nitrogen and oxygen atoms in total. The summed E-state index contributed by atoms with van der Waals surface area (Å²) in [7, 11) is 0. The van der Waals surface area contributed by atoms with Crippen molar-refractivity contribution in [2.24, 2.45) is 0 Å². The van der Waals surface area contributed by atoms with Crippen molar-refractivity contribution in [3.05, 3.63) is 47.0 Å². The topological polar surface area (TPSA) is 33.1 Å². The molecule has 0 saturated carbocycles. The SMILES string of the molecule is Cc1ccncc1-c1cc(F)c(O)c(Cl)c1. The lowest BCUT2D eigenvalue weighted by Crippen LogP contribution is -1.87. The number of aryl methyl sites for hydroxylation is 1. The zero-order chi connectivity index (χ0) is 11.7. The third kappa shape index (κ3) is 1.86. The largest absolute Gasteiger partial charge is 0.504 e. The van der Waals surface area contributed by atoms with E-state index in [0.29, 0.717) is 5.56 Å². The number of hydrogen-bond donors (Lipinski definition) is 1. The Morgan fingerprint density at radius 1 is 1.38 bits per heavy atom. The van der Waals surface area contributed by atoms with Gasteiger partial charge in [0.2, 0.25) is 0 Å². The van der Waals surface area contributed by atoms with E-state index in [1.165, 1.54) is 12.1 Å². The van der Waals surface area contributed by atoms with E-state index < -0.39 is 11.6 Å². The van der Waals surface area contributed by atoms with E-state index in [9.17, 15) is 9.50 Å². The summed E-state index contributed by atoms with van der Waals surface area (Å²) in [5.74, 6) is -1.25. The molecule has 0 bridgehead atoms. The molecule has 82 valence electrons. The van der Waals surface area contributed by atoms with Crippen molar-refractivity contribution in [2.45, 2.75) is 6.92 Å². The van der Waals surface area contributed by atoms with Crippen LogP contribution in [0.2, 0.25) is 5.02 Å². The first-order valence-corrected chi connectivity index (χ1v) is 5.06. The molecule has 0 saturated heterocycles. The summed E-state index contributed by atoms with van der Waals surface area (Å²) in [6.45, 7) is 1.90. The van der Waals surface area contributed by atoms with Gasteiger partial charge in [-0.3, -0.25) is 4.98 Å². The number of benzene rings is 1. The molecular formula is C12H9ClFNO. The molecule has 0 amide bonds. The molecule has 4 heteroatoms. The van der Waals surface area contributed by atoms with Gasteiger partial charge in [0, 0.05) is 18.0 Å². The molecule has 2 aromatic rings. The van der Waals surface area contributed by atoms with Gasteiger partial charge in [0.25, 0.3) is 0 Å². The van der Waals surface area contributed by atoms with Crippen LogP contribution in [0.5, 0.6) is 5.75 Å². The highest BCUT2D eigenvalue weighted by molar-refractivity contribution is 6.32. The Labute approximate surface area is 97.3 Å². The molecule has 0 atom stereocenters. The van der Waals surface area contributed by atoms with Gasteiger partial charge in [0.1, 0.15) is 0 Å². The van der Waals surface area contributed by atoms with Crippen molar-refractivity contribution in [3.63, 3.8) is 0 Å². The fraction of sp³-hybridized carbons (Fsp3) is 0.0833. The van der Waals surface area contributed by atoms with E-state index in [4.69, 9.17) is 11.6 Å². The summed E-state index contributed by atoms with van der Waals surface area (Å²) in [5.41, 5.74) is 2.37. The zero-order valence-electron chi connectivity index (χ0n) is 8.54. The Balaban J connectivity index is 2.62. The van der Waals surface area contributed by atoms with Crippen LogP contribution >= 0.6 is 11.6 Å². The number of pyridine rings is 1. The number of aromatic hydroxyl groups is 1. The fourth-order valence-corrected chi connectivity index (χ4v) is 1.70. The highest BCUT2D eigenvalue weighted by Gasteiger charge is 2.10. The number of aromatic nitrogens is 1. The van der Waals surface area contributed by atoms with Gasteiger partial charge in [-0.15, -0.1) is 0 Å². The smallest absolute Gasteiger partial charge is 0.170 e. The standard InChI is InChI=1S/C12H9ClFNO/c1-7-2-3-15-6-9(7)8-4-10(13)12(16)11(14)5-8/h2-6,16H,1H3. The minimum atomic E-state index is -0.731.